The number of likely N-dealkylation sites (tertiary alicyclic amines) is 2. The molecule has 2 saturated heterocycles. The predicted octanol–water partition coefficient (Wildman–Crippen LogP) is 2.05. The van der Waals surface area contributed by atoms with Gasteiger partial charge in [0, 0.05) is 45.2 Å². The topological polar surface area (TPSA) is 55.4 Å². The van der Waals surface area contributed by atoms with E-state index in [2.05, 4.69) is 26.7 Å². The van der Waals surface area contributed by atoms with Gasteiger partial charge >= 0.3 is 0 Å². The van der Waals surface area contributed by atoms with E-state index in [1.165, 1.54) is 19.3 Å². The minimum Gasteiger partial charge on any atom is -0.390 e. The van der Waals surface area contributed by atoms with Crippen molar-refractivity contribution in [2.45, 2.75) is 57.7 Å². The van der Waals surface area contributed by atoms with Gasteiger partial charge in [0.2, 0.25) is 0 Å². The molecule has 3 rings (SSSR count). The van der Waals surface area contributed by atoms with Crippen LogP contribution in [-0.4, -0.2) is 63.2 Å². The summed E-state index contributed by atoms with van der Waals surface area (Å²) < 4.78 is 0. The maximum Gasteiger partial charge on any atom is 0.151 e. The van der Waals surface area contributed by atoms with Crippen LogP contribution in [-0.2, 0) is 13.0 Å². The highest BCUT2D eigenvalue weighted by Gasteiger charge is 2.33. The van der Waals surface area contributed by atoms with E-state index in [0.717, 1.165) is 57.1 Å². The fraction of sp³-hybridized carbons (Fsp3) is 0.812. The number of aryl methyl sites for hydroxylation is 1. The average Bonchev–Trinajstić information content (AvgIpc) is 2.83. The number of H-pyrrole nitrogens is 1. The van der Waals surface area contributed by atoms with E-state index in [9.17, 15) is 5.11 Å². The Bertz CT molecular complexity index is 478. The first kappa shape index (κ1) is 16.2. The number of aliphatic hydroxyl groups is 1. The van der Waals surface area contributed by atoms with E-state index in [4.69, 9.17) is 11.6 Å². The van der Waals surface area contributed by atoms with Crippen molar-refractivity contribution >= 4 is 11.6 Å². The number of imidazole rings is 1. The molecule has 0 aliphatic carbocycles. The van der Waals surface area contributed by atoms with Gasteiger partial charge in [-0.2, -0.15) is 0 Å². The second-order valence-corrected chi connectivity index (χ2v) is 7.03. The number of hydrogen-bond donors (Lipinski definition) is 2. The third kappa shape index (κ3) is 3.82. The summed E-state index contributed by atoms with van der Waals surface area (Å²) in [5, 5.41) is 10.1. The third-order valence-electron chi connectivity index (χ3n) is 4.89. The highest BCUT2D eigenvalue weighted by atomic mass is 35.5. The number of halogens is 1. The third-order valence-corrected chi connectivity index (χ3v) is 5.20. The Morgan fingerprint density at radius 2 is 2.05 bits per heavy atom. The standard InChI is InChI=1S/C16H27ClN4O/c1-2-3-4-15-18-14(16(17)19-15)11-20-7-5-12(6-8-20)21-9-13(22)10-21/h12-13,22H,2-11H2,1H3,(H,18,19). The minimum atomic E-state index is -0.0941. The van der Waals surface area contributed by atoms with E-state index in [1.54, 1.807) is 0 Å². The zero-order chi connectivity index (χ0) is 15.5. The largest absolute Gasteiger partial charge is 0.390 e. The molecular formula is C16H27ClN4O. The molecule has 0 aromatic carbocycles. The van der Waals surface area contributed by atoms with Crippen molar-refractivity contribution < 1.29 is 5.11 Å². The molecule has 0 spiro atoms. The molecule has 5 nitrogen and oxygen atoms in total. The molecule has 2 aliphatic heterocycles. The second kappa shape index (κ2) is 7.30. The van der Waals surface area contributed by atoms with E-state index in [0.29, 0.717) is 11.2 Å². The van der Waals surface area contributed by atoms with Crippen molar-refractivity contribution in [1.82, 2.24) is 19.8 Å². The Labute approximate surface area is 137 Å². The Morgan fingerprint density at radius 1 is 1.32 bits per heavy atom. The number of hydrogen-bond acceptors (Lipinski definition) is 4. The van der Waals surface area contributed by atoms with Crippen molar-refractivity contribution in [2.24, 2.45) is 0 Å². The van der Waals surface area contributed by atoms with Crippen molar-refractivity contribution in [1.29, 1.82) is 0 Å². The van der Waals surface area contributed by atoms with Crippen molar-refractivity contribution in [3.8, 4) is 0 Å². The minimum absolute atomic E-state index is 0.0941. The zero-order valence-corrected chi connectivity index (χ0v) is 14.1. The summed E-state index contributed by atoms with van der Waals surface area (Å²) in [6.45, 7) is 6.96. The average molecular weight is 327 g/mol. The Hall–Kier alpha value is -0.620. The molecule has 1 aromatic heterocycles. The molecule has 124 valence electrons. The molecule has 2 aliphatic rings. The first-order valence-electron chi connectivity index (χ1n) is 8.53. The lowest BCUT2D eigenvalue weighted by Crippen LogP contribution is -2.57. The number of piperidine rings is 1. The summed E-state index contributed by atoms with van der Waals surface area (Å²) in [4.78, 5) is 12.7. The molecule has 0 saturated carbocycles. The van der Waals surface area contributed by atoms with Crippen molar-refractivity contribution in [2.75, 3.05) is 26.2 Å². The molecule has 3 heterocycles. The van der Waals surface area contributed by atoms with Crippen LogP contribution in [0.1, 0.15) is 44.1 Å². The van der Waals surface area contributed by atoms with Crippen LogP contribution in [0.2, 0.25) is 5.15 Å². The first-order valence-corrected chi connectivity index (χ1v) is 8.91. The second-order valence-electron chi connectivity index (χ2n) is 6.67. The number of β-amino-alcohol motifs (C(OH)–C–C–N with tert-alkyl or cyclic N) is 1. The quantitative estimate of drug-likeness (QED) is 0.840. The summed E-state index contributed by atoms with van der Waals surface area (Å²) >= 11 is 6.26. The molecule has 0 bridgehead atoms. The van der Waals surface area contributed by atoms with E-state index >= 15 is 0 Å². The highest BCUT2D eigenvalue weighted by molar-refractivity contribution is 6.30. The predicted molar refractivity (Wildman–Crippen MR) is 88.1 cm³/mol. The number of unbranched alkanes of at least 4 members (excludes halogenated alkanes) is 1. The van der Waals surface area contributed by atoms with Gasteiger partial charge in [-0.25, -0.2) is 4.98 Å². The number of aromatic nitrogens is 2. The maximum atomic E-state index is 9.41. The molecule has 0 atom stereocenters. The van der Waals surface area contributed by atoms with Crippen LogP contribution in [0.3, 0.4) is 0 Å². The van der Waals surface area contributed by atoms with Crippen molar-refractivity contribution in [3.63, 3.8) is 0 Å². The van der Waals surface area contributed by atoms with Crippen LogP contribution in [0, 0.1) is 0 Å². The van der Waals surface area contributed by atoms with Gasteiger partial charge in [-0.3, -0.25) is 9.80 Å². The van der Waals surface area contributed by atoms with Crippen LogP contribution >= 0.6 is 11.6 Å². The lowest BCUT2D eigenvalue weighted by Gasteiger charge is -2.45. The van der Waals surface area contributed by atoms with Gasteiger partial charge in [0.1, 0.15) is 5.82 Å². The Morgan fingerprint density at radius 3 is 2.68 bits per heavy atom. The SMILES string of the molecule is CCCCc1nc(Cl)c(CN2CCC(N3CC(O)C3)CC2)[nH]1. The molecule has 1 aromatic rings. The summed E-state index contributed by atoms with van der Waals surface area (Å²) in [6, 6.07) is 0.650. The fourth-order valence-corrected chi connectivity index (χ4v) is 3.67. The maximum absolute atomic E-state index is 9.41. The van der Waals surface area contributed by atoms with Crippen LogP contribution in [0.4, 0.5) is 0 Å². The van der Waals surface area contributed by atoms with Crippen LogP contribution < -0.4 is 0 Å². The molecule has 22 heavy (non-hydrogen) atoms. The molecular weight excluding hydrogens is 300 g/mol. The Balaban J connectivity index is 1.47. The molecule has 2 N–H and O–H groups in total. The van der Waals surface area contributed by atoms with E-state index < -0.39 is 0 Å². The van der Waals surface area contributed by atoms with Crippen LogP contribution in [0.5, 0.6) is 0 Å². The van der Waals surface area contributed by atoms with Gasteiger partial charge in [0.25, 0.3) is 0 Å². The molecule has 6 heteroatoms. The number of rotatable bonds is 6. The van der Waals surface area contributed by atoms with Crippen LogP contribution in [0.15, 0.2) is 0 Å². The molecule has 0 amide bonds. The van der Waals surface area contributed by atoms with Gasteiger partial charge in [-0.05, 0) is 19.3 Å². The summed E-state index contributed by atoms with van der Waals surface area (Å²) in [5.74, 6) is 1.02. The number of aromatic amines is 1. The number of nitrogens with zero attached hydrogens (tertiary/aromatic N) is 3. The molecule has 0 unspecified atom stereocenters. The zero-order valence-electron chi connectivity index (χ0n) is 13.4. The highest BCUT2D eigenvalue weighted by Crippen LogP contribution is 2.24. The first-order chi connectivity index (χ1) is 10.7. The van der Waals surface area contributed by atoms with Gasteiger partial charge in [-0.1, -0.05) is 24.9 Å². The molecule has 0 radical (unpaired) electrons. The smallest absolute Gasteiger partial charge is 0.151 e. The summed E-state index contributed by atoms with van der Waals surface area (Å²) in [5.41, 5.74) is 1.06. The van der Waals surface area contributed by atoms with Gasteiger partial charge in [0.15, 0.2) is 5.15 Å². The lowest BCUT2D eigenvalue weighted by molar-refractivity contribution is -0.0402. The monoisotopic (exact) mass is 326 g/mol. The lowest BCUT2D eigenvalue weighted by atomic mass is 9.98. The van der Waals surface area contributed by atoms with Gasteiger partial charge in [-0.15, -0.1) is 0 Å². The van der Waals surface area contributed by atoms with E-state index in [1.807, 2.05) is 0 Å². The summed E-state index contributed by atoms with van der Waals surface area (Å²) in [6.07, 6.45) is 5.57. The van der Waals surface area contributed by atoms with E-state index in [-0.39, 0.29) is 6.10 Å². The van der Waals surface area contributed by atoms with Gasteiger partial charge in [0.05, 0.1) is 11.8 Å². The Kier molecular flexibility index (Phi) is 5.39. The normalized spacial score (nSPS) is 22.1. The fourth-order valence-electron chi connectivity index (χ4n) is 3.46. The van der Waals surface area contributed by atoms with Gasteiger partial charge < -0.3 is 10.1 Å². The number of nitrogens with one attached hydrogen (secondary N) is 1. The van der Waals surface area contributed by atoms with Crippen molar-refractivity contribution in [3.05, 3.63) is 16.7 Å². The molecule has 2 fully saturated rings. The number of aliphatic hydroxyl groups excluding tert-OH is 1. The van der Waals surface area contributed by atoms with Crippen LogP contribution in [0.25, 0.3) is 0 Å². The summed E-state index contributed by atoms with van der Waals surface area (Å²) in [7, 11) is 0.